The van der Waals surface area contributed by atoms with E-state index in [1.807, 2.05) is 0 Å². The number of non-ortho nitro benzene ring substituents is 1. The number of halogens is 1. The molecule has 0 aromatic heterocycles. The SMILES string of the molecule is Cc1c(N)cccc1C(=O)Nc1cc([N+](=O)[O-])ccc1F. The van der Waals surface area contributed by atoms with E-state index in [9.17, 15) is 19.3 Å². The predicted octanol–water partition coefficient (Wildman–Crippen LogP) is 2.88. The number of carbonyl (C=O) groups excluding carboxylic acids is 1. The molecule has 0 saturated carbocycles. The molecule has 2 aromatic carbocycles. The number of hydrogen-bond acceptors (Lipinski definition) is 4. The van der Waals surface area contributed by atoms with Gasteiger partial charge in [0.25, 0.3) is 11.6 Å². The van der Waals surface area contributed by atoms with Crippen LogP contribution in [-0.2, 0) is 0 Å². The quantitative estimate of drug-likeness (QED) is 0.515. The largest absolute Gasteiger partial charge is 0.398 e. The zero-order valence-electron chi connectivity index (χ0n) is 11.1. The summed E-state index contributed by atoms with van der Waals surface area (Å²) in [6, 6.07) is 7.70. The monoisotopic (exact) mass is 289 g/mol. The molecule has 0 saturated heterocycles. The summed E-state index contributed by atoms with van der Waals surface area (Å²) in [6.07, 6.45) is 0. The number of nitrogens with one attached hydrogen (secondary N) is 1. The summed E-state index contributed by atoms with van der Waals surface area (Å²) in [5, 5.41) is 13.0. The molecule has 7 heteroatoms. The maximum Gasteiger partial charge on any atom is 0.271 e. The number of nitro groups is 1. The average molecular weight is 289 g/mol. The first-order valence-electron chi connectivity index (χ1n) is 6.00. The Kier molecular flexibility index (Phi) is 3.84. The first-order valence-corrected chi connectivity index (χ1v) is 6.00. The standard InChI is InChI=1S/C14H12FN3O3/c1-8-10(3-2-4-12(8)16)14(19)17-13-7-9(18(20)21)5-6-11(13)15/h2-7H,16H2,1H3,(H,17,19). The molecule has 0 aliphatic rings. The van der Waals surface area contributed by atoms with Crippen LogP contribution in [0.25, 0.3) is 0 Å². The second-order valence-electron chi connectivity index (χ2n) is 4.40. The first kappa shape index (κ1) is 14.4. The highest BCUT2D eigenvalue weighted by molar-refractivity contribution is 6.06. The van der Waals surface area contributed by atoms with E-state index in [-0.39, 0.29) is 16.9 Å². The van der Waals surface area contributed by atoms with Crippen LogP contribution in [0, 0.1) is 22.9 Å². The van der Waals surface area contributed by atoms with E-state index < -0.39 is 16.6 Å². The molecule has 2 aromatic rings. The zero-order chi connectivity index (χ0) is 15.6. The summed E-state index contributed by atoms with van der Waals surface area (Å²) >= 11 is 0. The maximum atomic E-state index is 13.6. The van der Waals surface area contributed by atoms with Crippen molar-refractivity contribution in [2.75, 3.05) is 11.1 Å². The molecule has 0 heterocycles. The molecule has 0 aliphatic carbocycles. The number of benzene rings is 2. The molecule has 21 heavy (non-hydrogen) atoms. The summed E-state index contributed by atoms with van der Waals surface area (Å²) < 4.78 is 13.6. The number of hydrogen-bond donors (Lipinski definition) is 2. The second kappa shape index (κ2) is 5.58. The third-order valence-electron chi connectivity index (χ3n) is 3.03. The Hall–Kier alpha value is -2.96. The van der Waals surface area contributed by atoms with Gasteiger partial charge >= 0.3 is 0 Å². The van der Waals surface area contributed by atoms with E-state index in [0.29, 0.717) is 11.3 Å². The highest BCUT2D eigenvalue weighted by atomic mass is 19.1. The van der Waals surface area contributed by atoms with Crippen molar-refractivity contribution in [1.29, 1.82) is 0 Å². The summed E-state index contributed by atoms with van der Waals surface area (Å²) in [5.41, 5.74) is 6.41. The number of nitrogens with zero attached hydrogens (tertiary/aromatic N) is 1. The molecule has 0 fully saturated rings. The molecule has 2 rings (SSSR count). The maximum absolute atomic E-state index is 13.6. The lowest BCUT2D eigenvalue weighted by atomic mass is 10.1. The topological polar surface area (TPSA) is 98.3 Å². The number of anilines is 2. The number of nitrogens with two attached hydrogens (primary N) is 1. The van der Waals surface area contributed by atoms with Crippen LogP contribution in [0.15, 0.2) is 36.4 Å². The van der Waals surface area contributed by atoms with Crippen molar-refractivity contribution in [3.63, 3.8) is 0 Å². The molecule has 6 nitrogen and oxygen atoms in total. The van der Waals surface area contributed by atoms with E-state index in [2.05, 4.69) is 5.32 Å². The van der Waals surface area contributed by atoms with Crippen LogP contribution in [0.3, 0.4) is 0 Å². The normalized spacial score (nSPS) is 10.2. The van der Waals surface area contributed by atoms with Gasteiger partial charge in [-0.05, 0) is 30.7 Å². The van der Waals surface area contributed by atoms with Gasteiger partial charge in [-0.3, -0.25) is 14.9 Å². The van der Waals surface area contributed by atoms with Crippen molar-refractivity contribution in [3.05, 3.63) is 63.5 Å². The third kappa shape index (κ3) is 2.97. The van der Waals surface area contributed by atoms with Crippen molar-refractivity contribution in [2.45, 2.75) is 6.92 Å². The molecule has 1 amide bonds. The van der Waals surface area contributed by atoms with Crippen LogP contribution in [0.4, 0.5) is 21.5 Å². The lowest BCUT2D eigenvalue weighted by Crippen LogP contribution is -2.15. The van der Waals surface area contributed by atoms with Crippen LogP contribution >= 0.6 is 0 Å². The van der Waals surface area contributed by atoms with Crippen molar-refractivity contribution in [2.24, 2.45) is 0 Å². The Morgan fingerprint density at radius 2 is 2.05 bits per heavy atom. The zero-order valence-corrected chi connectivity index (χ0v) is 11.1. The van der Waals surface area contributed by atoms with E-state index in [4.69, 9.17) is 5.73 Å². The smallest absolute Gasteiger partial charge is 0.271 e. The number of amides is 1. The molecule has 0 bridgehead atoms. The van der Waals surface area contributed by atoms with E-state index in [1.54, 1.807) is 19.1 Å². The van der Waals surface area contributed by atoms with Crippen molar-refractivity contribution < 1.29 is 14.1 Å². The van der Waals surface area contributed by atoms with Gasteiger partial charge in [0, 0.05) is 23.4 Å². The van der Waals surface area contributed by atoms with Gasteiger partial charge in [-0.2, -0.15) is 0 Å². The van der Waals surface area contributed by atoms with Crippen LogP contribution in [0.5, 0.6) is 0 Å². The molecular weight excluding hydrogens is 277 g/mol. The summed E-state index contributed by atoms with van der Waals surface area (Å²) in [6.45, 7) is 1.66. The number of nitro benzene ring substituents is 1. The fourth-order valence-electron chi connectivity index (χ4n) is 1.81. The highest BCUT2D eigenvalue weighted by Crippen LogP contribution is 2.23. The number of rotatable bonds is 3. The summed E-state index contributed by atoms with van der Waals surface area (Å²) in [4.78, 5) is 22.1. The molecular formula is C14H12FN3O3. The van der Waals surface area contributed by atoms with Crippen LogP contribution in [0.2, 0.25) is 0 Å². The minimum absolute atomic E-state index is 0.254. The molecule has 0 spiro atoms. The lowest BCUT2D eigenvalue weighted by Gasteiger charge is -2.10. The Bertz CT molecular complexity index is 731. The van der Waals surface area contributed by atoms with Gasteiger partial charge in [-0.25, -0.2) is 4.39 Å². The predicted molar refractivity (Wildman–Crippen MR) is 76.6 cm³/mol. The van der Waals surface area contributed by atoms with Crippen LogP contribution in [0.1, 0.15) is 15.9 Å². The Balaban J connectivity index is 2.33. The Morgan fingerprint density at radius 1 is 1.33 bits per heavy atom. The van der Waals surface area contributed by atoms with Gasteiger partial charge in [0.2, 0.25) is 0 Å². The minimum atomic E-state index is -0.754. The van der Waals surface area contributed by atoms with Crippen molar-refractivity contribution in [1.82, 2.24) is 0 Å². The molecule has 108 valence electrons. The summed E-state index contributed by atoms with van der Waals surface area (Å²) in [7, 11) is 0. The van der Waals surface area contributed by atoms with Crippen LogP contribution in [-0.4, -0.2) is 10.8 Å². The minimum Gasteiger partial charge on any atom is -0.398 e. The van der Waals surface area contributed by atoms with Crippen molar-refractivity contribution >= 4 is 23.0 Å². The molecule has 0 atom stereocenters. The fraction of sp³-hybridized carbons (Fsp3) is 0.0714. The number of carbonyl (C=O) groups is 1. The lowest BCUT2D eigenvalue weighted by molar-refractivity contribution is -0.384. The van der Waals surface area contributed by atoms with Gasteiger partial charge in [-0.15, -0.1) is 0 Å². The fourth-order valence-corrected chi connectivity index (χ4v) is 1.81. The van der Waals surface area contributed by atoms with E-state index in [1.165, 1.54) is 6.07 Å². The van der Waals surface area contributed by atoms with Gasteiger partial charge in [0.05, 0.1) is 10.6 Å². The molecule has 0 aliphatic heterocycles. The van der Waals surface area contributed by atoms with Gasteiger partial charge < -0.3 is 11.1 Å². The molecule has 3 N–H and O–H groups in total. The van der Waals surface area contributed by atoms with Crippen molar-refractivity contribution in [3.8, 4) is 0 Å². The van der Waals surface area contributed by atoms with Gasteiger partial charge in [0.15, 0.2) is 0 Å². The van der Waals surface area contributed by atoms with E-state index in [0.717, 1.165) is 18.2 Å². The third-order valence-corrected chi connectivity index (χ3v) is 3.03. The Labute approximate surface area is 119 Å². The summed E-state index contributed by atoms with van der Waals surface area (Å²) in [5.74, 6) is -1.34. The average Bonchev–Trinajstić information content (AvgIpc) is 2.43. The van der Waals surface area contributed by atoms with Crippen LogP contribution < -0.4 is 11.1 Å². The highest BCUT2D eigenvalue weighted by Gasteiger charge is 2.15. The molecule has 0 radical (unpaired) electrons. The second-order valence-corrected chi connectivity index (χ2v) is 4.40. The Morgan fingerprint density at radius 3 is 2.71 bits per heavy atom. The van der Waals surface area contributed by atoms with Gasteiger partial charge in [-0.1, -0.05) is 6.07 Å². The van der Waals surface area contributed by atoms with Gasteiger partial charge in [0.1, 0.15) is 5.82 Å². The molecule has 0 unspecified atom stereocenters. The number of nitrogen functional groups attached to an aromatic ring is 1. The first-order chi connectivity index (χ1) is 9.90. The van der Waals surface area contributed by atoms with E-state index >= 15 is 0 Å².